The van der Waals surface area contributed by atoms with E-state index in [9.17, 15) is 0 Å². The first-order valence-corrected chi connectivity index (χ1v) is 24.7. The highest BCUT2D eigenvalue weighted by Gasteiger charge is 2.68. The predicted octanol–water partition coefficient (Wildman–Crippen LogP) is 10.5. The third-order valence-electron chi connectivity index (χ3n) is 9.56. The van der Waals surface area contributed by atoms with Crippen molar-refractivity contribution in [2.45, 2.75) is 95.5 Å². The topological polar surface area (TPSA) is 27.7 Å². The predicted molar refractivity (Wildman–Crippen MR) is 189 cm³/mol. The molecule has 0 radical (unpaired) electrons. The smallest absolute Gasteiger partial charge is 0.192 e. The molecule has 0 N–H and O–H groups in total. The summed E-state index contributed by atoms with van der Waals surface area (Å²) in [6.07, 6.45) is 12.5. The van der Waals surface area contributed by atoms with Gasteiger partial charge in [-0.25, -0.2) is 0 Å². The Balaban J connectivity index is 1.70. The second-order valence-electron chi connectivity index (χ2n) is 13.4. The van der Waals surface area contributed by atoms with Crippen molar-refractivity contribution in [1.29, 1.82) is 0 Å². The number of hydrogen-bond acceptors (Lipinski definition) is 3. The molecule has 0 fully saturated rings. The molecule has 0 spiro atoms. The van der Waals surface area contributed by atoms with Gasteiger partial charge in [0.05, 0.1) is 19.8 Å². The molecule has 0 saturated heterocycles. The van der Waals surface area contributed by atoms with Crippen LogP contribution in [0.3, 0.4) is 0 Å². The Morgan fingerprint density at radius 3 is 1.30 bits per heavy atom. The van der Waals surface area contributed by atoms with Crippen LogP contribution < -0.4 is 0 Å². The van der Waals surface area contributed by atoms with Crippen molar-refractivity contribution in [3.05, 3.63) is 131 Å². The van der Waals surface area contributed by atoms with E-state index in [1.54, 1.807) is 5.57 Å². The fourth-order valence-corrected chi connectivity index (χ4v) is 30.7. The highest BCUT2D eigenvalue weighted by Crippen LogP contribution is 2.59. The molecule has 1 aliphatic carbocycles. The third-order valence-corrected chi connectivity index (χ3v) is 29.9. The van der Waals surface area contributed by atoms with Crippen LogP contribution in [0, 0.1) is 0 Å². The lowest BCUT2D eigenvalue weighted by atomic mass is 10.1. The van der Waals surface area contributed by atoms with Gasteiger partial charge in [-0.3, -0.25) is 0 Å². The first-order valence-electron chi connectivity index (χ1n) is 15.9. The van der Waals surface area contributed by atoms with Crippen LogP contribution in [-0.4, -0.2) is 25.0 Å². The third kappa shape index (κ3) is 8.44. The van der Waals surface area contributed by atoms with E-state index in [-0.39, 0.29) is 4.28 Å². The van der Waals surface area contributed by atoms with E-state index in [1.165, 1.54) is 23.1 Å². The number of benzene rings is 3. The summed E-state index contributed by atoms with van der Waals surface area (Å²) in [7, 11) is -7.34. The standard InChI is InChI=1S/C37H52O3Si3/c1-41(2,38-30-34-23-10-7-11-24-34)37(29-19-18-22-33-20-16-17-21-33,42(3,4)39-31-35-25-12-8-13-26-35)43(5,6)40-32-36-27-14-9-15-28-36/h7-17,20,23-28H,18-19,21-22,29-32H2,1-6H3. The molecule has 4 rings (SSSR count). The Kier molecular flexibility index (Phi) is 11.8. The first kappa shape index (κ1) is 33.6. The lowest BCUT2D eigenvalue weighted by Gasteiger charge is -2.59. The molecule has 3 nitrogen and oxygen atoms in total. The van der Waals surface area contributed by atoms with Crippen molar-refractivity contribution in [3.63, 3.8) is 0 Å². The monoisotopic (exact) mass is 628 g/mol. The van der Waals surface area contributed by atoms with Crippen LogP contribution >= 0.6 is 0 Å². The number of unbranched alkanes of at least 4 members (excludes halogenated alkanes) is 1. The maximum Gasteiger partial charge on any atom is 0.192 e. The molecule has 0 aliphatic heterocycles. The average Bonchev–Trinajstić information content (AvgIpc) is 3.53. The normalized spacial score (nSPS) is 14.2. The molecule has 0 atom stereocenters. The molecule has 0 heterocycles. The van der Waals surface area contributed by atoms with Crippen LogP contribution in [0.5, 0.6) is 0 Å². The average molecular weight is 629 g/mol. The van der Waals surface area contributed by atoms with Crippen LogP contribution in [0.25, 0.3) is 0 Å². The van der Waals surface area contributed by atoms with Gasteiger partial charge in [-0.2, -0.15) is 0 Å². The molecule has 3 aromatic rings. The lowest BCUT2D eigenvalue weighted by Crippen LogP contribution is -2.71. The Hall–Kier alpha value is -2.33. The van der Waals surface area contributed by atoms with Crippen LogP contribution in [0.1, 0.15) is 48.8 Å². The van der Waals surface area contributed by atoms with Crippen molar-refractivity contribution in [2.24, 2.45) is 0 Å². The molecular formula is C37H52O3Si3. The van der Waals surface area contributed by atoms with E-state index < -0.39 is 25.0 Å². The number of allylic oxidation sites excluding steroid dienone is 4. The van der Waals surface area contributed by atoms with Gasteiger partial charge in [-0.1, -0.05) is 121 Å². The Morgan fingerprint density at radius 2 is 0.953 bits per heavy atom. The van der Waals surface area contributed by atoms with Crippen LogP contribution in [0.2, 0.25) is 43.6 Å². The van der Waals surface area contributed by atoms with Gasteiger partial charge in [0.25, 0.3) is 0 Å². The van der Waals surface area contributed by atoms with Crippen molar-refractivity contribution in [1.82, 2.24) is 0 Å². The quantitative estimate of drug-likeness (QED) is 0.110. The van der Waals surface area contributed by atoms with Crippen LogP contribution in [0.4, 0.5) is 0 Å². The molecule has 43 heavy (non-hydrogen) atoms. The summed E-state index contributed by atoms with van der Waals surface area (Å²) in [4.78, 5) is 0. The van der Waals surface area contributed by atoms with Crippen LogP contribution in [0.15, 0.2) is 115 Å². The van der Waals surface area contributed by atoms with Crippen molar-refractivity contribution in [2.75, 3.05) is 0 Å². The summed E-state index contributed by atoms with van der Waals surface area (Å²) < 4.78 is 21.5. The second-order valence-corrected chi connectivity index (χ2v) is 27.4. The van der Waals surface area contributed by atoms with E-state index in [0.29, 0.717) is 19.8 Å². The molecule has 0 aromatic heterocycles. The maximum atomic E-state index is 7.22. The van der Waals surface area contributed by atoms with E-state index in [2.05, 4.69) is 149 Å². The van der Waals surface area contributed by atoms with Gasteiger partial charge >= 0.3 is 0 Å². The van der Waals surface area contributed by atoms with Gasteiger partial charge in [0.15, 0.2) is 25.0 Å². The van der Waals surface area contributed by atoms with E-state index >= 15 is 0 Å². The van der Waals surface area contributed by atoms with Gasteiger partial charge in [-0.05, 0) is 81.7 Å². The van der Waals surface area contributed by atoms with E-state index in [1.807, 2.05) is 0 Å². The van der Waals surface area contributed by atoms with E-state index in [4.69, 9.17) is 13.3 Å². The molecule has 6 heteroatoms. The maximum absolute atomic E-state index is 7.22. The summed E-state index contributed by atoms with van der Waals surface area (Å²) in [6.45, 7) is 16.6. The minimum Gasteiger partial charge on any atom is -0.413 e. The SMILES string of the molecule is C[Si](C)(OCc1ccccc1)C(CCCCC1=CC=CC1)([Si](C)(C)OCc1ccccc1)[Si](C)(C)OCc1ccccc1. The molecule has 0 amide bonds. The van der Waals surface area contributed by atoms with Gasteiger partial charge in [0.2, 0.25) is 0 Å². The minimum absolute atomic E-state index is 0.104. The minimum atomic E-state index is -2.45. The largest absolute Gasteiger partial charge is 0.413 e. The fraction of sp³-hybridized carbons (Fsp3) is 0.405. The van der Waals surface area contributed by atoms with Crippen molar-refractivity contribution in [3.8, 4) is 0 Å². The Morgan fingerprint density at radius 1 is 0.558 bits per heavy atom. The van der Waals surface area contributed by atoms with Gasteiger partial charge in [0.1, 0.15) is 0 Å². The van der Waals surface area contributed by atoms with Gasteiger partial charge in [-0.15, -0.1) is 0 Å². The van der Waals surface area contributed by atoms with Gasteiger partial charge in [0, 0.05) is 4.28 Å². The highest BCUT2D eigenvalue weighted by atomic mass is 28.5. The number of rotatable bonds is 17. The fourth-order valence-electron chi connectivity index (χ4n) is 7.38. The highest BCUT2D eigenvalue weighted by molar-refractivity contribution is 7.11. The molecule has 1 aliphatic rings. The second kappa shape index (κ2) is 15.1. The molecule has 3 aromatic carbocycles. The van der Waals surface area contributed by atoms with Gasteiger partial charge < -0.3 is 13.3 Å². The van der Waals surface area contributed by atoms with Crippen molar-refractivity contribution < 1.29 is 13.3 Å². The zero-order valence-electron chi connectivity index (χ0n) is 27.3. The summed E-state index contributed by atoms with van der Waals surface area (Å²) in [5.41, 5.74) is 5.24. The Labute approximate surface area is 264 Å². The molecule has 0 saturated carbocycles. The van der Waals surface area contributed by atoms with E-state index in [0.717, 1.165) is 25.7 Å². The first-order chi connectivity index (χ1) is 20.6. The zero-order valence-corrected chi connectivity index (χ0v) is 30.3. The molecule has 0 bridgehead atoms. The lowest BCUT2D eigenvalue weighted by molar-refractivity contribution is 0.236. The molecular weight excluding hydrogens is 577 g/mol. The molecule has 0 unspecified atom stereocenters. The summed E-state index contributed by atoms with van der Waals surface area (Å²) in [6, 6.07) is 31.9. The van der Waals surface area contributed by atoms with Crippen LogP contribution in [-0.2, 0) is 33.1 Å². The summed E-state index contributed by atoms with van der Waals surface area (Å²) >= 11 is 0. The number of hydrogen-bond donors (Lipinski definition) is 0. The van der Waals surface area contributed by atoms with Crippen molar-refractivity contribution >= 4 is 25.0 Å². The summed E-state index contributed by atoms with van der Waals surface area (Å²) in [5.74, 6) is 0. The Bertz CT molecular complexity index is 1180. The zero-order chi connectivity index (χ0) is 30.8. The summed E-state index contributed by atoms with van der Waals surface area (Å²) in [5, 5.41) is 0. The molecule has 230 valence electrons.